The van der Waals surface area contributed by atoms with Crippen molar-refractivity contribution in [2.75, 3.05) is 18.2 Å². The first-order valence-electron chi connectivity index (χ1n) is 8.71. The molecule has 1 aromatic carbocycles. The molecule has 0 saturated carbocycles. The van der Waals surface area contributed by atoms with Crippen LogP contribution in [0.2, 0.25) is 0 Å². The molecule has 1 amide bonds. The highest BCUT2D eigenvalue weighted by atomic mass is 32.2. The fraction of sp³-hybridized carbons (Fsp3) is 0.368. The molecule has 1 N–H and O–H groups in total. The second-order valence-electron chi connectivity index (χ2n) is 7.14. The van der Waals surface area contributed by atoms with Gasteiger partial charge in [0.05, 0.1) is 30.3 Å². The van der Waals surface area contributed by atoms with Crippen molar-refractivity contribution in [2.24, 2.45) is 0 Å². The summed E-state index contributed by atoms with van der Waals surface area (Å²) in [6.45, 7) is 2.32. The van der Waals surface area contributed by atoms with Crippen LogP contribution in [0, 0.1) is 6.92 Å². The van der Waals surface area contributed by atoms with Crippen molar-refractivity contribution in [3.63, 3.8) is 0 Å². The van der Waals surface area contributed by atoms with Gasteiger partial charge in [-0.1, -0.05) is 24.3 Å². The highest BCUT2D eigenvalue weighted by Crippen LogP contribution is 2.48. The number of hydrogen-bond donors (Lipinski definition) is 1. The highest BCUT2D eigenvalue weighted by Gasteiger charge is 2.55. The Hall–Kier alpha value is -2.29. The predicted octanol–water partition coefficient (Wildman–Crippen LogP) is 1.79. The lowest BCUT2D eigenvalue weighted by molar-refractivity contribution is -0.124. The van der Waals surface area contributed by atoms with Crippen LogP contribution < -0.4 is 5.32 Å². The Kier molecular flexibility index (Phi) is 4.29. The maximum absolute atomic E-state index is 12.7. The number of nitrogens with zero attached hydrogens (tertiary/aromatic N) is 2. The van der Waals surface area contributed by atoms with Crippen LogP contribution in [0.4, 0.5) is 5.69 Å². The molecular weight excluding hydrogens is 366 g/mol. The molecule has 2 atom stereocenters. The average Bonchev–Trinajstić information content (AvgIpc) is 3.20. The average molecular weight is 387 g/mol. The molecule has 1 spiro atoms. The fourth-order valence-electron chi connectivity index (χ4n) is 3.94. The second-order valence-corrected chi connectivity index (χ2v) is 9.05. The van der Waals surface area contributed by atoms with Gasteiger partial charge < -0.3 is 10.1 Å². The summed E-state index contributed by atoms with van der Waals surface area (Å²) in [5.74, 6) is -0.296. The summed E-state index contributed by atoms with van der Waals surface area (Å²) < 4.78 is 32.1. The quantitative estimate of drug-likeness (QED) is 0.867. The molecule has 8 heteroatoms. The van der Waals surface area contributed by atoms with E-state index in [2.05, 4.69) is 10.3 Å². The SMILES string of the molecule is Cc1ccc(NC(=O)C2CC3(CO2)c2ccccc2CN3S(C)(=O)=O)cn1. The Morgan fingerprint density at radius 3 is 2.78 bits per heavy atom. The Morgan fingerprint density at radius 2 is 2.07 bits per heavy atom. The number of nitrogens with one attached hydrogen (secondary N) is 1. The van der Waals surface area contributed by atoms with Crippen LogP contribution in [0.3, 0.4) is 0 Å². The summed E-state index contributed by atoms with van der Waals surface area (Å²) in [6.07, 6.45) is 2.33. The van der Waals surface area contributed by atoms with Gasteiger partial charge in [-0.3, -0.25) is 9.78 Å². The zero-order valence-electron chi connectivity index (χ0n) is 15.2. The molecule has 4 rings (SSSR count). The Labute approximate surface area is 158 Å². The number of carbonyl (C=O) groups is 1. The molecule has 2 aromatic rings. The van der Waals surface area contributed by atoms with Crippen molar-refractivity contribution < 1.29 is 17.9 Å². The molecule has 27 heavy (non-hydrogen) atoms. The number of aryl methyl sites for hydroxylation is 1. The number of pyridine rings is 1. The molecule has 0 radical (unpaired) electrons. The van der Waals surface area contributed by atoms with Gasteiger partial charge in [-0.15, -0.1) is 0 Å². The first-order valence-corrected chi connectivity index (χ1v) is 10.6. The van der Waals surface area contributed by atoms with Gasteiger partial charge in [-0.05, 0) is 30.2 Å². The molecular formula is C19H21N3O4S. The minimum atomic E-state index is -3.46. The number of fused-ring (bicyclic) bond motifs is 2. The van der Waals surface area contributed by atoms with E-state index in [-0.39, 0.29) is 18.9 Å². The number of carbonyl (C=O) groups excluding carboxylic acids is 1. The van der Waals surface area contributed by atoms with Crippen LogP contribution >= 0.6 is 0 Å². The van der Waals surface area contributed by atoms with Gasteiger partial charge in [0.1, 0.15) is 6.10 Å². The topological polar surface area (TPSA) is 88.6 Å². The van der Waals surface area contributed by atoms with E-state index in [0.717, 1.165) is 16.8 Å². The zero-order valence-corrected chi connectivity index (χ0v) is 16.0. The van der Waals surface area contributed by atoms with Crippen molar-refractivity contribution in [2.45, 2.75) is 31.5 Å². The van der Waals surface area contributed by atoms with Gasteiger partial charge >= 0.3 is 0 Å². The van der Waals surface area contributed by atoms with Crippen LogP contribution in [0.15, 0.2) is 42.6 Å². The van der Waals surface area contributed by atoms with E-state index in [1.165, 1.54) is 10.6 Å². The number of amides is 1. The minimum Gasteiger partial charge on any atom is -0.366 e. The zero-order chi connectivity index (χ0) is 19.2. The lowest BCUT2D eigenvalue weighted by Crippen LogP contribution is -2.45. The molecule has 1 fully saturated rings. The van der Waals surface area contributed by atoms with E-state index < -0.39 is 21.7 Å². The number of sulfonamides is 1. The molecule has 1 saturated heterocycles. The standard InChI is InChI=1S/C19H21N3O4S/c1-13-7-8-15(10-20-13)21-18(23)17-9-19(12-26-17)16-6-4-3-5-14(16)11-22(19)27(2,24)25/h3-8,10,17H,9,11-12H2,1-2H3,(H,21,23). The lowest BCUT2D eigenvalue weighted by Gasteiger charge is -2.32. The summed E-state index contributed by atoms with van der Waals surface area (Å²) in [5, 5.41) is 2.80. The maximum Gasteiger partial charge on any atom is 0.253 e. The van der Waals surface area contributed by atoms with E-state index in [0.29, 0.717) is 12.2 Å². The van der Waals surface area contributed by atoms with Gasteiger partial charge in [0.25, 0.3) is 5.91 Å². The third-order valence-electron chi connectivity index (χ3n) is 5.23. The van der Waals surface area contributed by atoms with Crippen molar-refractivity contribution >= 4 is 21.6 Å². The number of ether oxygens (including phenoxy) is 1. The Morgan fingerprint density at radius 1 is 1.30 bits per heavy atom. The third kappa shape index (κ3) is 3.13. The number of rotatable bonds is 3. The smallest absolute Gasteiger partial charge is 0.253 e. The first-order chi connectivity index (χ1) is 12.8. The first kappa shape index (κ1) is 18.1. The number of anilines is 1. The predicted molar refractivity (Wildman–Crippen MR) is 100 cm³/mol. The van der Waals surface area contributed by atoms with Crippen LogP contribution in [0.1, 0.15) is 23.2 Å². The molecule has 142 valence electrons. The Balaban J connectivity index is 1.61. The number of benzene rings is 1. The highest BCUT2D eigenvalue weighted by molar-refractivity contribution is 7.88. The number of aromatic nitrogens is 1. The van der Waals surface area contributed by atoms with E-state index in [1.807, 2.05) is 37.3 Å². The molecule has 7 nitrogen and oxygen atoms in total. The Bertz CT molecular complexity index is 990. The largest absolute Gasteiger partial charge is 0.366 e. The maximum atomic E-state index is 12.7. The molecule has 1 aromatic heterocycles. The second kappa shape index (κ2) is 6.40. The lowest BCUT2D eigenvalue weighted by atomic mass is 9.88. The van der Waals surface area contributed by atoms with Gasteiger partial charge in [0.15, 0.2) is 0 Å². The van der Waals surface area contributed by atoms with Gasteiger partial charge in [0, 0.05) is 18.7 Å². The molecule has 2 aliphatic rings. The molecule has 0 bridgehead atoms. The molecule has 0 aliphatic carbocycles. The fourth-order valence-corrected chi connectivity index (χ4v) is 5.18. The van der Waals surface area contributed by atoms with E-state index in [4.69, 9.17) is 4.74 Å². The van der Waals surface area contributed by atoms with Crippen molar-refractivity contribution in [1.82, 2.24) is 9.29 Å². The minimum absolute atomic E-state index is 0.154. The molecule has 2 unspecified atom stereocenters. The summed E-state index contributed by atoms with van der Waals surface area (Å²) in [4.78, 5) is 16.8. The summed E-state index contributed by atoms with van der Waals surface area (Å²) in [7, 11) is -3.46. The van der Waals surface area contributed by atoms with E-state index in [9.17, 15) is 13.2 Å². The normalized spacial score (nSPS) is 24.9. The van der Waals surface area contributed by atoms with Gasteiger partial charge in [-0.2, -0.15) is 4.31 Å². The monoisotopic (exact) mass is 387 g/mol. The van der Waals surface area contributed by atoms with E-state index >= 15 is 0 Å². The van der Waals surface area contributed by atoms with Crippen LogP contribution in [0.25, 0.3) is 0 Å². The number of hydrogen-bond acceptors (Lipinski definition) is 5. The van der Waals surface area contributed by atoms with Crippen LogP contribution in [0.5, 0.6) is 0 Å². The molecule has 2 aliphatic heterocycles. The van der Waals surface area contributed by atoms with Crippen molar-refractivity contribution in [1.29, 1.82) is 0 Å². The third-order valence-corrected chi connectivity index (χ3v) is 6.51. The van der Waals surface area contributed by atoms with Gasteiger partial charge in [-0.25, -0.2) is 8.42 Å². The van der Waals surface area contributed by atoms with Crippen LogP contribution in [-0.2, 0) is 31.6 Å². The van der Waals surface area contributed by atoms with Crippen molar-refractivity contribution in [3.05, 3.63) is 59.4 Å². The summed E-state index contributed by atoms with van der Waals surface area (Å²) in [6, 6.07) is 11.2. The van der Waals surface area contributed by atoms with Crippen LogP contribution in [-0.4, -0.2) is 42.6 Å². The molecule has 3 heterocycles. The van der Waals surface area contributed by atoms with Gasteiger partial charge in [0.2, 0.25) is 10.0 Å². The van der Waals surface area contributed by atoms with E-state index in [1.54, 1.807) is 12.3 Å². The summed E-state index contributed by atoms with van der Waals surface area (Å²) >= 11 is 0. The van der Waals surface area contributed by atoms with Crippen molar-refractivity contribution in [3.8, 4) is 0 Å². The summed E-state index contributed by atoms with van der Waals surface area (Å²) in [5.41, 5.74) is 2.48.